The smallest absolute Gasteiger partial charge is 0.321 e. The number of nitriles is 2. The average molecular weight is 248 g/mol. The third kappa shape index (κ3) is 6.15. The fraction of sp³-hybridized carbons (Fsp3) is 0.500. The van der Waals surface area contributed by atoms with Crippen molar-refractivity contribution in [2.24, 2.45) is 5.92 Å². The van der Waals surface area contributed by atoms with Gasteiger partial charge in [-0.2, -0.15) is 10.5 Å². The molecule has 0 unspecified atom stereocenters. The predicted molar refractivity (Wildman–Crippen MR) is 59.3 cm³/mol. The Kier molecular flexibility index (Phi) is 8.33. The zero-order valence-corrected chi connectivity index (χ0v) is 9.72. The molecule has 0 N–H and O–H groups in total. The molecule has 94 valence electrons. The number of hydrogen-bond acceptors (Lipinski definition) is 6. The number of rotatable bonds is 7. The number of carbonyl (C=O) groups excluding carboxylic acids is 2. The van der Waals surface area contributed by atoms with E-state index in [4.69, 9.17) is 26.4 Å². The standard InChI is InChI=1S/C12H12N2O4/c1-2-5-10(11(15)17-8-3-6-13)12(16)18-9-4-7-14/h1,10H,3-5,8-9H2. The molecule has 18 heavy (non-hydrogen) atoms. The lowest BCUT2D eigenvalue weighted by atomic mass is 10.1. The summed E-state index contributed by atoms with van der Waals surface area (Å²) < 4.78 is 9.40. The maximum Gasteiger partial charge on any atom is 0.321 e. The molecule has 0 aromatic heterocycles. The van der Waals surface area contributed by atoms with Crippen LogP contribution in [-0.4, -0.2) is 25.2 Å². The van der Waals surface area contributed by atoms with Crippen LogP contribution in [0.2, 0.25) is 0 Å². The van der Waals surface area contributed by atoms with Gasteiger partial charge in [0.15, 0.2) is 5.92 Å². The number of ether oxygens (including phenoxy) is 2. The molecule has 0 heterocycles. The van der Waals surface area contributed by atoms with Gasteiger partial charge in [0.2, 0.25) is 0 Å². The molecule has 6 nitrogen and oxygen atoms in total. The molecule has 0 atom stereocenters. The first kappa shape index (κ1) is 15.5. The van der Waals surface area contributed by atoms with Crippen LogP contribution in [0, 0.1) is 40.9 Å². The van der Waals surface area contributed by atoms with E-state index >= 15 is 0 Å². The molecule has 6 heteroatoms. The average Bonchev–Trinajstić information content (AvgIpc) is 2.36. The summed E-state index contributed by atoms with van der Waals surface area (Å²) in [5.41, 5.74) is 0. The molecule has 0 amide bonds. The van der Waals surface area contributed by atoms with Crippen LogP contribution in [-0.2, 0) is 19.1 Å². The second-order valence-electron chi connectivity index (χ2n) is 3.11. The van der Waals surface area contributed by atoms with Crippen LogP contribution in [0.1, 0.15) is 19.3 Å². The molecule has 0 aliphatic carbocycles. The van der Waals surface area contributed by atoms with Gasteiger partial charge in [0, 0.05) is 6.42 Å². The van der Waals surface area contributed by atoms with E-state index in [-0.39, 0.29) is 32.5 Å². The normalized spacial score (nSPS) is 8.78. The highest BCUT2D eigenvalue weighted by Gasteiger charge is 2.28. The Labute approximate surface area is 105 Å². The van der Waals surface area contributed by atoms with Crippen molar-refractivity contribution in [1.82, 2.24) is 0 Å². The predicted octanol–water partition coefficient (Wildman–Crippen LogP) is 0.540. The zero-order chi connectivity index (χ0) is 13.8. The van der Waals surface area contributed by atoms with Crippen molar-refractivity contribution in [2.75, 3.05) is 13.2 Å². The summed E-state index contributed by atoms with van der Waals surface area (Å²) in [7, 11) is 0. The molecule has 0 saturated carbocycles. The monoisotopic (exact) mass is 248 g/mol. The molecule has 0 fully saturated rings. The molecule has 0 bridgehead atoms. The summed E-state index contributed by atoms with van der Waals surface area (Å²) in [6, 6.07) is 3.59. The third-order valence-electron chi connectivity index (χ3n) is 1.81. The lowest BCUT2D eigenvalue weighted by Crippen LogP contribution is -2.28. The summed E-state index contributed by atoms with van der Waals surface area (Å²) >= 11 is 0. The number of carbonyl (C=O) groups is 2. The van der Waals surface area contributed by atoms with Crippen LogP contribution in [0.4, 0.5) is 0 Å². The van der Waals surface area contributed by atoms with Gasteiger partial charge in [-0.25, -0.2) is 0 Å². The van der Waals surface area contributed by atoms with E-state index in [0.717, 1.165) is 0 Å². The van der Waals surface area contributed by atoms with Crippen molar-refractivity contribution >= 4 is 11.9 Å². The summed E-state index contributed by atoms with van der Waals surface area (Å²) in [5, 5.41) is 16.6. The van der Waals surface area contributed by atoms with Crippen molar-refractivity contribution in [3.05, 3.63) is 0 Å². The number of esters is 2. The van der Waals surface area contributed by atoms with Crippen molar-refractivity contribution in [2.45, 2.75) is 19.3 Å². The molecule has 0 aliphatic heterocycles. The number of nitrogens with zero attached hydrogens (tertiary/aromatic N) is 2. The van der Waals surface area contributed by atoms with Crippen LogP contribution >= 0.6 is 0 Å². The van der Waals surface area contributed by atoms with Crippen molar-refractivity contribution < 1.29 is 19.1 Å². The highest BCUT2D eigenvalue weighted by molar-refractivity contribution is 5.95. The Bertz CT molecular complexity index is 379. The Hall–Kier alpha value is -2.52. The third-order valence-corrected chi connectivity index (χ3v) is 1.81. The van der Waals surface area contributed by atoms with Crippen LogP contribution in [0.25, 0.3) is 0 Å². The van der Waals surface area contributed by atoms with Gasteiger partial charge >= 0.3 is 11.9 Å². The fourth-order valence-electron chi connectivity index (χ4n) is 0.976. The van der Waals surface area contributed by atoms with Crippen molar-refractivity contribution in [3.8, 4) is 24.5 Å². The van der Waals surface area contributed by atoms with E-state index in [2.05, 4.69) is 5.92 Å². The first-order valence-electron chi connectivity index (χ1n) is 5.18. The summed E-state index contributed by atoms with van der Waals surface area (Å²) in [6.07, 6.45) is 4.98. The minimum absolute atomic E-state index is 0.0397. The summed E-state index contributed by atoms with van der Waals surface area (Å²) in [4.78, 5) is 23.0. The van der Waals surface area contributed by atoms with Crippen LogP contribution in [0.15, 0.2) is 0 Å². The first-order chi connectivity index (χ1) is 8.67. The summed E-state index contributed by atoms with van der Waals surface area (Å²) in [6.45, 7) is -0.191. The lowest BCUT2D eigenvalue weighted by molar-refractivity contribution is -0.161. The van der Waals surface area contributed by atoms with E-state index in [9.17, 15) is 9.59 Å². The Morgan fingerprint density at radius 1 is 1.06 bits per heavy atom. The highest BCUT2D eigenvalue weighted by atomic mass is 16.6. The summed E-state index contributed by atoms with van der Waals surface area (Å²) in [5.74, 6) is -0.652. The van der Waals surface area contributed by atoms with Gasteiger partial charge in [0.05, 0.1) is 25.0 Å². The van der Waals surface area contributed by atoms with Crippen molar-refractivity contribution in [1.29, 1.82) is 10.5 Å². The Morgan fingerprint density at radius 3 is 1.83 bits per heavy atom. The quantitative estimate of drug-likeness (QED) is 0.282. The first-order valence-corrected chi connectivity index (χ1v) is 5.18. The molecule has 0 rings (SSSR count). The van der Waals surface area contributed by atoms with Gasteiger partial charge in [-0.3, -0.25) is 9.59 Å². The molecular weight excluding hydrogens is 236 g/mol. The van der Waals surface area contributed by atoms with Crippen LogP contribution < -0.4 is 0 Å². The molecule has 0 spiro atoms. The number of hydrogen-bond donors (Lipinski definition) is 0. The van der Waals surface area contributed by atoms with Crippen molar-refractivity contribution in [3.63, 3.8) is 0 Å². The lowest BCUT2D eigenvalue weighted by Gasteiger charge is -2.12. The van der Waals surface area contributed by atoms with Gasteiger partial charge in [-0.1, -0.05) is 0 Å². The van der Waals surface area contributed by atoms with E-state index in [1.807, 2.05) is 0 Å². The molecule has 0 saturated heterocycles. The van der Waals surface area contributed by atoms with E-state index in [1.165, 1.54) is 0 Å². The Morgan fingerprint density at radius 2 is 1.50 bits per heavy atom. The van der Waals surface area contributed by atoms with E-state index in [0.29, 0.717) is 0 Å². The number of terminal acetylenes is 1. The Balaban J connectivity index is 4.32. The molecule has 0 aromatic rings. The van der Waals surface area contributed by atoms with Gasteiger partial charge in [0.1, 0.15) is 13.2 Å². The maximum absolute atomic E-state index is 11.5. The fourth-order valence-corrected chi connectivity index (χ4v) is 0.976. The van der Waals surface area contributed by atoms with E-state index in [1.54, 1.807) is 12.1 Å². The van der Waals surface area contributed by atoms with Gasteiger partial charge in [0.25, 0.3) is 0 Å². The van der Waals surface area contributed by atoms with Crippen LogP contribution in [0.5, 0.6) is 0 Å². The second-order valence-corrected chi connectivity index (χ2v) is 3.11. The highest BCUT2D eigenvalue weighted by Crippen LogP contribution is 2.08. The molecule has 0 aromatic carbocycles. The van der Waals surface area contributed by atoms with Gasteiger partial charge in [-0.15, -0.1) is 12.3 Å². The van der Waals surface area contributed by atoms with Gasteiger partial charge < -0.3 is 9.47 Å². The maximum atomic E-state index is 11.5. The molecular formula is C12H12N2O4. The molecule has 0 radical (unpaired) electrons. The minimum Gasteiger partial charge on any atom is -0.464 e. The second kappa shape index (κ2) is 9.69. The van der Waals surface area contributed by atoms with Gasteiger partial charge in [-0.05, 0) is 0 Å². The largest absolute Gasteiger partial charge is 0.464 e. The molecule has 0 aliphatic rings. The minimum atomic E-state index is -1.20. The zero-order valence-electron chi connectivity index (χ0n) is 9.72. The van der Waals surface area contributed by atoms with E-state index < -0.39 is 17.9 Å². The SMILES string of the molecule is C#CCC(C(=O)OCCC#N)C(=O)OCCC#N. The van der Waals surface area contributed by atoms with Crippen LogP contribution in [0.3, 0.4) is 0 Å². The topological polar surface area (TPSA) is 100 Å².